The summed E-state index contributed by atoms with van der Waals surface area (Å²) in [6, 6.07) is 9.73. The molecule has 2 aliphatic carbocycles. The predicted molar refractivity (Wildman–Crippen MR) is 99.1 cm³/mol. The van der Waals surface area contributed by atoms with Gasteiger partial charge in [0.2, 0.25) is 5.91 Å². The maximum absolute atomic E-state index is 13.4. The summed E-state index contributed by atoms with van der Waals surface area (Å²) in [5.41, 5.74) is 9.62. The fourth-order valence-corrected chi connectivity index (χ4v) is 3.86. The molecule has 6 heteroatoms. The van der Waals surface area contributed by atoms with Crippen LogP contribution in [0.1, 0.15) is 47.9 Å². The Balaban J connectivity index is 0.00000196. The van der Waals surface area contributed by atoms with Gasteiger partial charge in [-0.15, -0.1) is 12.4 Å². The standard InChI is InChI=1S/C20H20F2N2O.ClH/c21-17-7-4-12(9-18(17)22)15-10-16(15)20(25)24-19-3-1-2-11-8-13(23)5-6-14(11)19;/h4-9,15-16,19H,1-3,10,23H2,(H,24,25);1H. The summed E-state index contributed by atoms with van der Waals surface area (Å²) in [6.45, 7) is 0. The van der Waals surface area contributed by atoms with Gasteiger partial charge in [-0.3, -0.25) is 4.79 Å². The van der Waals surface area contributed by atoms with E-state index in [0.29, 0.717) is 12.0 Å². The molecule has 2 aliphatic rings. The number of aryl methyl sites for hydroxylation is 1. The fourth-order valence-electron chi connectivity index (χ4n) is 3.86. The van der Waals surface area contributed by atoms with Crippen LogP contribution in [0.25, 0.3) is 0 Å². The SMILES string of the molecule is Cl.Nc1ccc2c(c1)CCCC2NC(=O)C1CC1c1ccc(F)c(F)c1. The van der Waals surface area contributed by atoms with Gasteiger partial charge in [-0.1, -0.05) is 12.1 Å². The minimum Gasteiger partial charge on any atom is -0.399 e. The number of carbonyl (C=O) groups is 1. The summed E-state index contributed by atoms with van der Waals surface area (Å²) in [7, 11) is 0. The average Bonchev–Trinajstić information content (AvgIpc) is 3.38. The Labute approximate surface area is 157 Å². The van der Waals surface area contributed by atoms with Crippen molar-refractivity contribution in [2.45, 2.75) is 37.6 Å². The fraction of sp³-hybridized carbons (Fsp3) is 0.350. The molecule has 0 radical (unpaired) electrons. The first-order chi connectivity index (χ1) is 12.0. The Bertz CT molecular complexity index is 843. The molecule has 0 heterocycles. The van der Waals surface area contributed by atoms with E-state index in [9.17, 15) is 13.6 Å². The number of nitrogens with two attached hydrogens (primary N) is 1. The van der Waals surface area contributed by atoms with Gasteiger partial charge in [-0.2, -0.15) is 0 Å². The Morgan fingerprint density at radius 2 is 1.92 bits per heavy atom. The van der Waals surface area contributed by atoms with Crippen LogP contribution in [0.5, 0.6) is 0 Å². The van der Waals surface area contributed by atoms with Gasteiger partial charge in [0, 0.05) is 11.6 Å². The maximum Gasteiger partial charge on any atom is 0.224 e. The summed E-state index contributed by atoms with van der Waals surface area (Å²) in [5.74, 6) is -1.91. The molecule has 2 aromatic carbocycles. The monoisotopic (exact) mass is 378 g/mol. The second-order valence-electron chi connectivity index (χ2n) is 7.03. The van der Waals surface area contributed by atoms with Gasteiger partial charge in [0.1, 0.15) is 0 Å². The van der Waals surface area contributed by atoms with E-state index in [0.717, 1.165) is 36.6 Å². The van der Waals surface area contributed by atoms with Gasteiger partial charge < -0.3 is 11.1 Å². The smallest absolute Gasteiger partial charge is 0.224 e. The van der Waals surface area contributed by atoms with Crippen molar-refractivity contribution in [3.05, 3.63) is 64.7 Å². The number of benzene rings is 2. The van der Waals surface area contributed by atoms with Crippen LogP contribution >= 0.6 is 12.4 Å². The predicted octanol–water partition coefficient (Wildman–Crippen LogP) is 4.27. The van der Waals surface area contributed by atoms with Gasteiger partial charge in [-0.05, 0) is 72.6 Å². The minimum absolute atomic E-state index is 0. The summed E-state index contributed by atoms with van der Waals surface area (Å²) in [4.78, 5) is 12.6. The molecule has 0 saturated heterocycles. The molecule has 0 aliphatic heterocycles. The van der Waals surface area contributed by atoms with E-state index in [1.54, 1.807) is 6.07 Å². The van der Waals surface area contributed by atoms with E-state index in [1.807, 2.05) is 18.2 Å². The van der Waals surface area contributed by atoms with Gasteiger partial charge in [-0.25, -0.2) is 8.78 Å². The Morgan fingerprint density at radius 3 is 2.69 bits per heavy atom. The van der Waals surface area contributed by atoms with E-state index in [-0.39, 0.29) is 36.2 Å². The number of amides is 1. The molecular weight excluding hydrogens is 358 g/mol. The van der Waals surface area contributed by atoms with E-state index in [1.165, 1.54) is 11.6 Å². The second kappa shape index (κ2) is 7.23. The number of nitrogens with one attached hydrogen (secondary N) is 1. The lowest BCUT2D eigenvalue weighted by Gasteiger charge is -2.26. The van der Waals surface area contributed by atoms with Crippen LogP contribution in [0.15, 0.2) is 36.4 Å². The van der Waals surface area contributed by atoms with Gasteiger partial charge >= 0.3 is 0 Å². The zero-order valence-corrected chi connectivity index (χ0v) is 15.0. The number of nitrogen functional groups attached to an aromatic ring is 1. The van der Waals surface area contributed by atoms with Crippen LogP contribution in [0.4, 0.5) is 14.5 Å². The quantitative estimate of drug-likeness (QED) is 0.784. The lowest BCUT2D eigenvalue weighted by molar-refractivity contribution is -0.123. The van der Waals surface area contributed by atoms with Crippen LogP contribution in [0.3, 0.4) is 0 Å². The Morgan fingerprint density at radius 1 is 1.12 bits per heavy atom. The van der Waals surface area contributed by atoms with Crippen LogP contribution in [-0.4, -0.2) is 5.91 Å². The number of rotatable bonds is 3. The first-order valence-electron chi connectivity index (χ1n) is 8.66. The largest absolute Gasteiger partial charge is 0.399 e. The maximum atomic E-state index is 13.4. The summed E-state index contributed by atoms with van der Waals surface area (Å²) in [6.07, 6.45) is 3.58. The third kappa shape index (κ3) is 3.54. The molecule has 3 unspecified atom stereocenters. The van der Waals surface area contributed by atoms with Gasteiger partial charge in [0.25, 0.3) is 0 Å². The normalized spacial score (nSPS) is 23.5. The second-order valence-corrected chi connectivity index (χ2v) is 7.03. The lowest BCUT2D eigenvalue weighted by atomic mass is 9.87. The van der Waals surface area contributed by atoms with Crippen molar-refractivity contribution >= 4 is 24.0 Å². The molecule has 3 N–H and O–H groups in total. The lowest BCUT2D eigenvalue weighted by Crippen LogP contribution is -2.32. The van der Waals surface area contributed by atoms with Crippen molar-refractivity contribution in [1.82, 2.24) is 5.32 Å². The third-order valence-electron chi connectivity index (χ3n) is 5.30. The number of hydrogen-bond donors (Lipinski definition) is 2. The number of carbonyl (C=O) groups excluding carboxylic acids is 1. The Hall–Kier alpha value is -2.14. The topological polar surface area (TPSA) is 55.1 Å². The molecule has 3 nitrogen and oxygen atoms in total. The van der Waals surface area contributed by atoms with Crippen molar-refractivity contribution in [2.24, 2.45) is 5.92 Å². The number of halogens is 3. The van der Waals surface area contributed by atoms with Crippen molar-refractivity contribution in [2.75, 3.05) is 5.73 Å². The minimum atomic E-state index is -0.859. The van der Waals surface area contributed by atoms with E-state index in [4.69, 9.17) is 5.73 Å². The molecule has 26 heavy (non-hydrogen) atoms. The van der Waals surface area contributed by atoms with Gasteiger partial charge in [0.15, 0.2) is 11.6 Å². The summed E-state index contributed by atoms with van der Waals surface area (Å²) in [5, 5.41) is 3.13. The molecule has 2 aromatic rings. The highest BCUT2D eigenvalue weighted by atomic mass is 35.5. The summed E-state index contributed by atoms with van der Waals surface area (Å²) >= 11 is 0. The van der Waals surface area contributed by atoms with Crippen LogP contribution in [-0.2, 0) is 11.2 Å². The van der Waals surface area contributed by atoms with Gasteiger partial charge in [0.05, 0.1) is 6.04 Å². The molecule has 138 valence electrons. The third-order valence-corrected chi connectivity index (χ3v) is 5.30. The van der Waals surface area contributed by atoms with Crippen LogP contribution < -0.4 is 11.1 Å². The molecule has 4 rings (SSSR count). The number of fused-ring (bicyclic) bond motifs is 1. The Kier molecular flexibility index (Phi) is 5.19. The van der Waals surface area contributed by atoms with Crippen molar-refractivity contribution < 1.29 is 13.6 Å². The molecular formula is C20H21ClF2N2O. The zero-order valence-electron chi connectivity index (χ0n) is 14.2. The molecule has 1 saturated carbocycles. The van der Waals surface area contributed by atoms with E-state index >= 15 is 0 Å². The molecule has 3 atom stereocenters. The number of hydrogen-bond acceptors (Lipinski definition) is 2. The highest BCUT2D eigenvalue weighted by molar-refractivity contribution is 5.85. The summed E-state index contributed by atoms with van der Waals surface area (Å²) < 4.78 is 26.4. The first-order valence-corrected chi connectivity index (χ1v) is 8.66. The van der Waals surface area contributed by atoms with Crippen molar-refractivity contribution in [1.29, 1.82) is 0 Å². The first kappa shape index (κ1) is 18.6. The van der Waals surface area contributed by atoms with Crippen molar-refractivity contribution in [3.8, 4) is 0 Å². The molecule has 0 bridgehead atoms. The van der Waals surface area contributed by atoms with E-state index < -0.39 is 11.6 Å². The average molecular weight is 379 g/mol. The number of anilines is 1. The van der Waals surface area contributed by atoms with E-state index in [2.05, 4.69) is 5.32 Å². The molecule has 1 fully saturated rings. The molecule has 0 spiro atoms. The molecule has 0 aromatic heterocycles. The zero-order chi connectivity index (χ0) is 17.6. The highest BCUT2D eigenvalue weighted by Gasteiger charge is 2.44. The van der Waals surface area contributed by atoms with Crippen LogP contribution in [0, 0.1) is 17.6 Å². The van der Waals surface area contributed by atoms with Crippen LogP contribution in [0.2, 0.25) is 0 Å². The highest BCUT2D eigenvalue weighted by Crippen LogP contribution is 2.48. The van der Waals surface area contributed by atoms with Crippen molar-refractivity contribution in [3.63, 3.8) is 0 Å². The molecule has 1 amide bonds.